The maximum atomic E-state index is 5.92. The lowest BCUT2D eigenvalue weighted by atomic mass is 10.0. The number of piperidine rings is 1. The minimum absolute atomic E-state index is 0.135. The van der Waals surface area contributed by atoms with Gasteiger partial charge in [-0.25, -0.2) is 0 Å². The van der Waals surface area contributed by atoms with Crippen LogP contribution in [-0.2, 0) is 11.3 Å². The van der Waals surface area contributed by atoms with Gasteiger partial charge in [0.1, 0.15) is 5.75 Å². The summed E-state index contributed by atoms with van der Waals surface area (Å²) >= 11 is 3.46. The van der Waals surface area contributed by atoms with Crippen molar-refractivity contribution in [2.45, 2.75) is 38.2 Å². The van der Waals surface area contributed by atoms with Crippen LogP contribution >= 0.6 is 15.9 Å². The molecule has 1 saturated heterocycles. The topological polar surface area (TPSA) is 30.5 Å². The highest BCUT2D eigenvalue weighted by molar-refractivity contribution is 9.10. The third-order valence-electron chi connectivity index (χ3n) is 3.35. The molecular weight excluding hydrogens is 282 g/mol. The molecule has 0 bridgehead atoms. The summed E-state index contributed by atoms with van der Waals surface area (Å²) < 4.78 is 12.8. The highest BCUT2D eigenvalue weighted by atomic mass is 79.9. The first-order valence-corrected chi connectivity index (χ1v) is 6.92. The van der Waals surface area contributed by atoms with Crippen molar-refractivity contribution >= 4 is 15.9 Å². The lowest BCUT2D eigenvalue weighted by Gasteiger charge is -2.34. The third-order valence-corrected chi connectivity index (χ3v) is 3.84. The van der Waals surface area contributed by atoms with Gasteiger partial charge in [0.05, 0.1) is 12.6 Å². The van der Waals surface area contributed by atoms with E-state index in [0.717, 1.165) is 28.8 Å². The van der Waals surface area contributed by atoms with Crippen LogP contribution in [0.1, 0.15) is 24.8 Å². The first-order chi connectivity index (χ1) is 8.33. The Morgan fingerprint density at radius 3 is 3.06 bits per heavy atom. The van der Waals surface area contributed by atoms with Gasteiger partial charge >= 0.3 is 0 Å². The van der Waals surface area contributed by atoms with Crippen molar-refractivity contribution in [3.05, 3.63) is 28.2 Å². The molecule has 1 N–H and O–H groups in total. The molecule has 2 aliphatic heterocycles. The van der Waals surface area contributed by atoms with Crippen LogP contribution in [0.25, 0.3) is 0 Å². The van der Waals surface area contributed by atoms with Crippen LogP contribution in [0, 0.1) is 0 Å². The van der Waals surface area contributed by atoms with Crippen LogP contribution < -0.4 is 10.1 Å². The highest BCUT2D eigenvalue weighted by Crippen LogP contribution is 2.30. The summed E-state index contributed by atoms with van der Waals surface area (Å²) in [4.78, 5) is 0. The molecule has 17 heavy (non-hydrogen) atoms. The maximum Gasteiger partial charge on any atom is 0.215 e. The van der Waals surface area contributed by atoms with E-state index in [2.05, 4.69) is 27.3 Å². The molecule has 0 saturated carbocycles. The van der Waals surface area contributed by atoms with Gasteiger partial charge in [0.2, 0.25) is 6.29 Å². The minimum Gasteiger partial charge on any atom is -0.463 e. The fraction of sp³-hybridized carbons (Fsp3) is 0.538. The Morgan fingerprint density at radius 2 is 2.24 bits per heavy atom. The number of halogens is 1. The van der Waals surface area contributed by atoms with Gasteiger partial charge < -0.3 is 14.8 Å². The normalized spacial score (nSPS) is 28.3. The van der Waals surface area contributed by atoms with Gasteiger partial charge in [-0.3, -0.25) is 0 Å². The van der Waals surface area contributed by atoms with Crippen LogP contribution in [-0.4, -0.2) is 18.9 Å². The van der Waals surface area contributed by atoms with Gasteiger partial charge in [0.25, 0.3) is 0 Å². The van der Waals surface area contributed by atoms with Gasteiger partial charge in [-0.1, -0.05) is 22.4 Å². The monoisotopic (exact) mass is 297 g/mol. The molecular formula is C13H16BrNO2. The molecule has 0 aromatic heterocycles. The molecule has 3 rings (SSSR count). The van der Waals surface area contributed by atoms with Crippen molar-refractivity contribution in [2.75, 3.05) is 6.54 Å². The zero-order chi connectivity index (χ0) is 11.7. The molecule has 92 valence electrons. The Bertz CT molecular complexity index is 404. The highest BCUT2D eigenvalue weighted by Gasteiger charge is 2.29. The van der Waals surface area contributed by atoms with Crippen LogP contribution in [0.5, 0.6) is 5.75 Å². The number of fused-ring (bicyclic) bond motifs is 1. The molecule has 1 fully saturated rings. The Hall–Kier alpha value is -0.580. The molecule has 0 spiro atoms. The van der Waals surface area contributed by atoms with E-state index in [0.29, 0.717) is 12.6 Å². The first-order valence-electron chi connectivity index (χ1n) is 6.13. The van der Waals surface area contributed by atoms with E-state index in [4.69, 9.17) is 9.47 Å². The average molecular weight is 298 g/mol. The molecule has 2 aliphatic rings. The largest absolute Gasteiger partial charge is 0.463 e. The molecule has 1 aromatic rings. The summed E-state index contributed by atoms with van der Waals surface area (Å²) in [5.74, 6) is 0.955. The van der Waals surface area contributed by atoms with E-state index >= 15 is 0 Å². The van der Waals surface area contributed by atoms with Crippen molar-refractivity contribution in [1.29, 1.82) is 0 Å². The number of nitrogens with one attached hydrogen (secondary N) is 1. The molecule has 2 atom stereocenters. The quantitative estimate of drug-likeness (QED) is 0.865. The summed E-state index contributed by atoms with van der Waals surface area (Å²) in [6.07, 6.45) is 3.51. The SMILES string of the molecule is Brc1ccc2c(c1)COC(C1CCCCN1)O2. The Kier molecular flexibility index (Phi) is 3.36. The van der Waals surface area contributed by atoms with Crippen molar-refractivity contribution in [3.8, 4) is 5.75 Å². The van der Waals surface area contributed by atoms with Crippen LogP contribution in [0.2, 0.25) is 0 Å². The minimum atomic E-state index is -0.135. The number of rotatable bonds is 1. The van der Waals surface area contributed by atoms with Gasteiger partial charge in [-0.15, -0.1) is 0 Å². The van der Waals surface area contributed by atoms with E-state index < -0.39 is 0 Å². The number of benzene rings is 1. The second-order valence-corrected chi connectivity index (χ2v) is 5.52. The Morgan fingerprint density at radius 1 is 1.29 bits per heavy atom. The number of hydrogen-bond acceptors (Lipinski definition) is 3. The molecule has 0 amide bonds. The van der Waals surface area contributed by atoms with Crippen LogP contribution in [0.15, 0.2) is 22.7 Å². The van der Waals surface area contributed by atoms with Crippen LogP contribution in [0.4, 0.5) is 0 Å². The molecule has 4 heteroatoms. The van der Waals surface area contributed by atoms with E-state index in [1.54, 1.807) is 0 Å². The van der Waals surface area contributed by atoms with Crippen molar-refractivity contribution in [2.24, 2.45) is 0 Å². The van der Waals surface area contributed by atoms with Crippen molar-refractivity contribution in [3.63, 3.8) is 0 Å². The predicted molar refractivity (Wildman–Crippen MR) is 69.0 cm³/mol. The van der Waals surface area contributed by atoms with E-state index in [1.807, 2.05) is 12.1 Å². The first kappa shape index (κ1) is 11.5. The fourth-order valence-electron chi connectivity index (χ4n) is 2.42. The van der Waals surface area contributed by atoms with Gasteiger partial charge in [-0.2, -0.15) is 0 Å². The Labute approximate surface area is 110 Å². The molecule has 0 radical (unpaired) electrons. The van der Waals surface area contributed by atoms with E-state index in [-0.39, 0.29) is 6.29 Å². The molecule has 2 unspecified atom stereocenters. The standard InChI is InChI=1S/C13H16BrNO2/c14-10-4-5-12-9(7-10)8-16-13(17-12)11-3-1-2-6-15-11/h4-5,7,11,13,15H,1-3,6,8H2. The zero-order valence-corrected chi connectivity index (χ0v) is 11.2. The maximum absolute atomic E-state index is 5.92. The van der Waals surface area contributed by atoms with E-state index in [9.17, 15) is 0 Å². The number of hydrogen-bond donors (Lipinski definition) is 1. The van der Waals surface area contributed by atoms with E-state index in [1.165, 1.54) is 12.8 Å². The number of ether oxygens (including phenoxy) is 2. The van der Waals surface area contributed by atoms with Gasteiger partial charge in [0.15, 0.2) is 0 Å². The summed E-state index contributed by atoms with van der Waals surface area (Å²) in [5, 5.41) is 3.47. The zero-order valence-electron chi connectivity index (χ0n) is 9.62. The molecule has 3 nitrogen and oxygen atoms in total. The van der Waals surface area contributed by atoms with Crippen LogP contribution in [0.3, 0.4) is 0 Å². The van der Waals surface area contributed by atoms with Gasteiger partial charge in [-0.05, 0) is 37.6 Å². The average Bonchev–Trinajstić information content (AvgIpc) is 2.39. The smallest absolute Gasteiger partial charge is 0.215 e. The summed E-state index contributed by atoms with van der Waals surface area (Å²) in [7, 11) is 0. The van der Waals surface area contributed by atoms with Crippen molar-refractivity contribution in [1.82, 2.24) is 5.32 Å². The molecule has 1 aromatic carbocycles. The van der Waals surface area contributed by atoms with Gasteiger partial charge in [0, 0.05) is 10.0 Å². The van der Waals surface area contributed by atoms with Crippen molar-refractivity contribution < 1.29 is 9.47 Å². The lowest BCUT2D eigenvalue weighted by Crippen LogP contribution is -2.48. The molecule has 0 aliphatic carbocycles. The second-order valence-electron chi connectivity index (χ2n) is 4.61. The predicted octanol–water partition coefficient (Wildman–Crippen LogP) is 2.83. The Balaban J connectivity index is 1.73. The molecule has 2 heterocycles. The summed E-state index contributed by atoms with van der Waals surface area (Å²) in [6.45, 7) is 1.71. The second kappa shape index (κ2) is 4.96. The fourth-order valence-corrected chi connectivity index (χ4v) is 2.82. The lowest BCUT2D eigenvalue weighted by molar-refractivity contribution is -0.130. The summed E-state index contributed by atoms with van der Waals surface area (Å²) in [5.41, 5.74) is 1.12. The summed E-state index contributed by atoms with van der Waals surface area (Å²) in [6, 6.07) is 6.41. The third kappa shape index (κ3) is 2.49.